The third-order valence-electron chi connectivity index (χ3n) is 5.11. The molecule has 1 N–H and O–H groups in total. The molecule has 2 aliphatic carbocycles. The molecule has 0 aromatic rings. The smallest absolute Gasteiger partial charge is 0.0833 e. The van der Waals surface area contributed by atoms with Gasteiger partial charge in [0, 0.05) is 13.2 Å². The lowest BCUT2D eigenvalue weighted by atomic mass is 9.78. The third-order valence-corrected chi connectivity index (χ3v) is 5.11. The van der Waals surface area contributed by atoms with E-state index in [-0.39, 0.29) is 5.60 Å². The van der Waals surface area contributed by atoms with Gasteiger partial charge in [0.2, 0.25) is 0 Å². The van der Waals surface area contributed by atoms with E-state index in [1.165, 1.54) is 64.2 Å². The number of rotatable bonds is 4. The molecular weight excluding hydrogens is 210 g/mol. The van der Waals surface area contributed by atoms with Crippen LogP contribution >= 0.6 is 0 Å². The molecular formula is C15H29NO. The van der Waals surface area contributed by atoms with Crippen molar-refractivity contribution >= 4 is 0 Å². The number of methoxy groups -OCH3 is 1. The zero-order chi connectivity index (χ0) is 12.1. The van der Waals surface area contributed by atoms with Gasteiger partial charge in [0.15, 0.2) is 0 Å². The fraction of sp³-hybridized carbons (Fsp3) is 1.00. The SMILES string of the molecule is CNC(C1CCCC1)C1(OC)CCCCCC1. The summed E-state index contributed by atoms with van der Waals surface area (Å²) in [6, 6.07) is 0.577. The van der Waals surface area contributed by atoms with Crippen LogP contribution in [0.4, 0.5) is 0 Å². The van der Waals surface area contributed by atoms with Crippen LogP contribution in [-0.4, -0.2) is 25.8 Å². The summed E-state index contributed by atoms with van der Waals surface area (Å²) in [6.45, 7) is 0. The van der Waals surface area contributed by atoms with Crippen molar-refractivity contribution in [2.75, 3.05) is 14.2 Å². The van der Waals surface area contributed by atoms with Gasteiger partial charge in [-0.2, -0.15) is 0 Å². The van der Waals surface area contributed by atoms with E-state index in [2.05, 4.69) is 12.4 Å². The van der Waals surface area contributed by atoms with Crippen molar-refractivity contribution in [2.45, 2.75) is 75.9 Å². The van der Waals surface area contributed by atoms with Crippen molar-refractivity contribution in [1.82, 2.24) is 5.32 Å². The number of hydrogen-bond acceptors (Lipinski definition) is 2. The Morgan fingerprint density at radius 1 is 1.00 bits per heavy atom. The summed E-state index contributed by atoms with van der Waals surface area (Å²) in [5.74, 6) is 0.845. The van der Waals surface area contributed by atoms with Gasteiger partial charge in [0.05, 0.1) is 5.60 Å². The maximum atomic E-state index is 6.06. The summed E-state index contributed by atoms with van der Waals surface area (Å²) in [6.07, 6.45) is 13.6. The van der Waals surface area contributed by atoms with Crippen LogP contribution in [0.25, 0.3) is 0 Å². The van der Waals surface area contributed by atoms with E-state index in [1.54, 1.807) is 0 Å². The summed E-state index contributed by atoms with van der Waals surface area (Å²) < 4.78 is 6.06. The molecule has 17 heavy (non-hydrogen) atoms. The zero-order valence-electron chi connectivity index (χ0n) is 11.6. The molecule has 0 radical (unpaired) electrons. The van der Waals surface area contributed by atoms with Crippen LogP contribution in [0.3, 0.4) is 0 Å². The second-order valence-electron chi connectivity index (χ2n) is 5.99. The molecule has 0 saturated heterocycles. The second kappa shape index (κ2) is 6.19. The molecule has 2 heteroatoms. The zero-order valence-corrected chi connectivity index (χ0v) is 11.6. The van der Waals surface area contributed by atoms with Gasteiger partial charge in [0.1, 0.15) is 0 Å². The molecule has 2 rings (SSSR count). The average Bonchev–Trinajstić information content (AvgIpc) is 2.76. The highest BCUT2D eigenvalue weighted by Gasteiger charge is 2.42. The highest BCUT2D eigenvalue weighted by molar-refractivity contribution is 4.98. The number of hydrogen-bond donors (Lipinski definition) is 1. The van der Waals surface area contributed by atoms with Crippen molar-refractivity contribution < 1.29 is 4.74 Å². The van der Waals surface area contributed by atoms with Crippen LogP contribution in [-0.2, 0) is 4.74 Å². The highest BCUT2D eigenvalue weighted by Crippen LogP contribution is 2.40. The topological polar surface area (TPSA) is 21.3 Å². The molecule has 0 bridgehead atoms. The van der Waals surface area contributed by atoms with Crippen LogP contribution < -0.4 is 5.32 Å². The quantitative estimate of drug-likeness (QED) is 0.758. The van der Waals surface area contributed by atoms with E-state index in [4.69, 9.17) is 4.74 Å². The monoisotopic (exact) mass is 239 g/mol. The number of likely N-dealkylation sites (N-methyl/N-ethyl adjacent to an activating group) is 1. The lowest BCUT2D eigenvalue weighted by Crippen LogP contribution is -2.54. The van der Waals surface area contributed by atoms with Crippen molar-refractivity contribution in [3.8, 4) is 0 Å². The first-order chi connectivity index (χ1) is 8.32. The molecule has 0 heterocycles. The Morgan fingerprint density at radius 3 is 2.06 bits per heavy atom. The van der Waals surface area contributed by atoms with E-state index in [1.807, 2.05) is 7.11 Å². The van der Waals surface area contributed by atoms with Crippen molar-refractivity contribution in [2.24, 2.45) is 5.92 Å². The van der Waals surface area contributed by atoms with Gasteiger partial charge in [0.25, 0.3) is 0 Å². The van der Waals surface area contributed by atoms with Gasteiger partial charge < -0.3 is 10.1 Å². The minimum absolute atomic E-state index is 0.125. The first-order valence-electron chi connectivity index (χ1n) is 7.55. The average molecular weight is 239 g/mol. The van der Waals surface area contributed by atoms with Crippen LogP contribution in [0.5, 0.6) is 0 Å². The molecule has 0 spiro atoms. The molecule has 0 aromatic heterocycles. The first kappa shape index (κ1) is 13.4. The van der Waals surface area contributed by atoms with E-state index in [0.717, 1.165) is 5.92 Å². The third kappa shape index (κ3) is 2.85. The maximum absolute atomic E-state index is 6.06. The number of nitrogens with one attached hydrogen (secondary N) is 1. The molecule has 100 valence electrons. The minimum Gasteiger partial charge on any atom is -0.377 e. The Morgan fingerprint density at radius 2 is 1.59 bits per heavy atom. The fourth-order valence-electron chi connectivity index (χ4n) is 4.19. The van der Waals surface area contributed by atoms with Crippen molar-refractivity contribution in [3.05, 3.63) is 0 Å². The van der Waals surface area contributed by atoms with Gasteiger partial charge in [-0.15, -0.1) is 0 Å². The van der Waals surface area contributed by atoms with Crippen LogP contribution in [0.15, 0.2) is 0 Å². The predicted molar refractivity (Wildman–Crippen MR) is 72.2 cm³/mol. The Kier molecular flexibility index (Phi) is 4.87. The van der Waals surface area contributed by atoms with Crippen molar-refractivity contribution in [3.63, 3.8) is 0 Å². The lowest BCUT2D eigenvalue weighted by molar-refractivity contribution is -0.0654. The highest BCUT2D eigenvalue weighted by atomic mass is 16.5. The maximum Gasteiger partial charge on any atom is 0.0833 e. The van der Waals surface area contributed by atoms with E-state index >= 15 is 0 Å². The summed E-state index contributed by atoms with van der Waals surface area (Å²) in [4.78, 5) is 0. The summed E-state index contributed by atoms with van der Waals surface area (Å²) in [7, 11) is 4.07. The standard InChI is InChI=1S/C15H29NO/c1-16-14(13-9-5-6-10-13)15(17-2)11-7-3-4-8-12-15/h13-14,16H,3-12H2,1-2H3. The Balaban J connectivity index is 2.11. The molecule has 1 unspecified atom stereocenters. The van der Waals surface area contributed by atoms with Crippen LogP contribution in [0.2, 0.25) is 0 Å². The lowest BCUT2D eigenvalue weighted by Gasteiger charge is -2.42. The van der Waals surface area contributed by atoms with Gasteiger partial charge in [-0.1, -0.05) is 38.5 Å². The van der Waals surface area contributed by atoms with Gasteiger partial charge in [-0.3, -0.25) is 0 Å². The second-order valence-corrected chi connectivity index (χ2v) is 5.99. The molecule has 0 aliphatic heterocycles. The van der Waals surface area contributed by atoms with Gasteiger partial charge in [-0.25, -0.2) is 0 Å². The Labute approximate surface area is 107 Å². The fourth-order valence-corrected chi connectivity index (χ4v) is 4.19. The molecule has 2 aliphatic rings. The van der Waals surface area contributed by atoms with E-state index in [0.29, 0.717) is 6.04 Å². The Hall–Kier alpha value is -0.0800. The molecule has 0 aromatic carbocycles. The molecule has 0 amide bonds. The first-order valence-corrected chi connectivity index (χ1v) is 7.55. The number of ether oxygens (including phenoxy) is 1. The van der Waals surface area contributed by atoms with Crippen LogP contribution in [0, 0.1) is 5.92 Å². The normalized spacial score (nSPS) is 27.9. The summed E-state index contributed by atoms with van der Waals surface area (Å²) in [5, 5.41) is 3.61. The molecule has 2 nitrogen and oxygen atoms in total. The minimum atomic E-state index is 0.125. The summed E-state index contributed by atoms with van der Waals surface area (Å²) in [5.41, 5.74) is 0.125. The van der Waals surface area contributed by atoms with E-state index in [9.17, 15) is 0 Å². The molecule has 1 atom stereocenters. The summed E-state index contributed by atoms with van der Waals surface area (Å²) >= 11 is 0. The van der Waals surface area contributed by atoms with Gasteiger partial charge in [-0.05, 0) is 38.6 Å². The molecule has 2 fully saturated rings. The molecule has 2 saturated carbocycles. The van der Waals surface area contributed by atoms with Crippen LogP contribution in [0.1, 0.15) is 64.2 Å². The largest absolute Gasteiger partial charge is 0.377 e. The predicted octanol–water partition coefficient (Wildman–Crippen LogP) is 3.50. The Bertz CT molecular complexity index is 215. The van der Waals surface area contributed by atoms with E-state index < -0.39 is 0 Å². The van der Waals surface area contributed by atoms with Crippen molar-refractivity contribution in [1.29, 1.82) is 0 Å². The van der Waals surface area contributed by atoms with Gasteiger partial charge >= 0.3 is 0 Å².